The van der Waals surface area contributed by atoms with E-state index in [0.29, 0.717) is 32.8 Å². The number of halogens is 3. The van der Waals surface area contributed by atoms with E-state index in [0.717, 1.165) is 4.47 Å². The predicted molar refractivity (Wildman–Crippen MR) is 84.8 cm³/mol. The van der Waals surface area contributed by atoms with Gasteiger partial charge in [0.05, 0.1) is 16.6 Å². The van der Waals surface area contributed by atoms with E-state index in [9.17, 15) is 0 Å². The number of ether oxygens (including phenoxy) is 1. The van der Waals surface area contributed by atoms with Crippen molar-refractivity contribution in [1.82, 2.24) is 19.7 Å². The van der Waals surface area contributed by atoms with E-state index in [1.165, 1.54) is 0 Å². The standard InChI is InChI=1S/C13H9BrCl2N4O/c1-20-13-8(5-17-20)12(16)18-11(19-13)6-21-10-3-2-7(14)4-9(10)15/h2-5H,6H2,1H3. The van der Waals surface area contributed by atoms with Crippen molar-refractivity contribution < 1.29 is 4.74 Å². The molecule has 21 heavy (non-hydrogen) atoms. The molecule has 0 saturated heterocycles. The van der Waals surface area contributed by atoms with Crippen LogP contribution in [0.4, 0.5) is 0 Å². The van der Waals surface area contributed by atoms with Crippen LogP contribution in [0.15, 0.2) is 28.9 Å². The van der Waals surface area contributed by atoms with Crippen molar-refractivity contribution in [1.29, 1.82) is 0 Å². The zero-order valence-corrected chi connectivity index (χ0v) is 13.9. The number of rotatable bonds is 3. The Morgan fingerprint density at radius 3 is 2.86 bits per heavy atom. The zero-order chi connectivity index (χ0) is 15.0. The first-order valence-corrected chi connectivity index (χ1v) is 7.51. The molecule has 0 unspecified atom stereocenters. The Morgan fingerprint density at radius 2 is 2.10 bits per heavy atom. The first-order valence-electron chi connectivity index (χ1n) is 5.96. The third kappa shape index (κ3) is 2.97. The third-order valence-electron chi connectivity index (χ3n) is 2.84. The van der Waals surface area contributed by atoms with Crippen molar-refractivity contribution in [3.63, 3.8) is 0 Å². The second-order valence-corrected chi connectivity index (χ2v) is 5.98. The van der Waals surface area contributed by atoms with Crippen LogP contribution in [0.1, 0.15) is 5.82 Å². The lowest BCUT2D eigenvalue weighted by Crippen LogP contribution is -2.04. The second-order valence-electron chi connectivity index (χ2n) is 4.30. The van der Waals surface area contributed by atoms with Crippen LogP contribution in [0.5, 0.6) is 5.75 Å². The molecular formula is C13H9BrCl2N4O. The first-order chi connectivity index (χ1) is 10.0. The molecule has 0 radical (unpaired) electrons. The predicted octanol–water partition coefficient (Wildman–Crippen LogP) is 4.01. The van der Waals surface area contributed by atoms with E-state index in [-0.39, 0.29) is 6.61 Å². The van der Waals surface area contributed by atoms with Crippen molar-refractivity contribution in [2.45, 2.75) is 6.61 Å². The van der Waals surface area contributed by atoms with Gasteiger partial charge in [0.15, 0.2) is 11.5 Å². The highest BCUT2D eigenvalue weighted by atomic mass is 79.9. The van der Waals surface area contributed by atoms with Gasteiger partial charge >= 0.3 is 0 Å². The maximum atomic E-state index is 6.12. The lowest BCUT2D eigenvalue weighted by Gasteiger charge is -2.08. The Morgan fingerprint density at radius 1 is 1.29 bits per heavy atom. The van der Waals surface area contributed by atoms with Crippen LogP contribution in [0.3, 0.4) is 0 Å². The van der Waals surface area contributed by atoms with Crippen LogP contribution in [0, 0.1) is 0 Å². The molecule has 0 aliphatic carbocycles. The minimum atomic E-state index is 0.169. The fraction of sp³-hybridized carbons (Fsp3) is 0.154. The number of fused-ring (bicyclic) bond motifs is 1. The molecule has 0 N–H and O–H groups in total. The largest absolute Gasteiger partial charge is 0.484 e. The lowest BCUT2D eigenvalue weighted by molar-refractivity contribution is 0.296. The number of aryl methyl sites for hydroxylation is 1. The average molecular weight is 388 g/mol. The number of hydrogen-bond donors (Lipinski definition) is 0. The summed E-state index contributed by atoms with van der Waals surface area (Å²) in [5.41, 5.74) is 0.663. The van der Waals surface area contributed by atoms with Crippen molar-refractivity contribution in [3.05, 3.63) is 44.9 Å². The fourth-order valence-electron chi connectivity index (χ4n) is 1.83. The smallest absolute Gasteiger partial charge is 0.170 e. The van der Waals surface area contributed by atoms with E-state index in [1.807, 2.05) is 6.07 Å². The molecule has 108 valence electrons. The topological polar surface area (TPSA) is 52.8 Å². The summed E-state index contributed by atoms with van der Waals surface area (Å²) in [6.07, 6.45) is 1.63. The Labute approximate surface area is 139 Å². The maximum absolute atomic E-state index is 6.12. The monoisotopic (exact) mass is 386 g/mol. The minimum Gasteiger partial charge on any atom is -0.484 e. The van der Waals surface area contributed by atoms with Gasteiger partial charge in [0.2, 0.25) is 0 Å². The van der Waals surface area contributed by atoms with Crippen LogP contribution in [0.25, 0.3) is 11.0 Å². The molecule has 0 aliphatic heterocycles. The Hall–Kier alpha value is -1.37. The molecule has 0 bridgehead atoms. The summed E-state index contributed by atoms with van der Waals surface area (Å²) in [6, 6.07) is 5.38. The van der Waals surface area contributed by atoms with Gasteiger partial charge in [-0.15, -0.1) is 0 Å². The minimum absolute atomic E-state index is 0.169. The molecule has 0 saturated carbocycles. The van der Waals surface area contributed by atoms with Gasteiger partial charge in [0, 0.05) is 11.5 Å². The molecule has 0 amide bonds. The van der Waals surface area contributed by atoms with Crippen molar-refractivity contribution in [2.75, 3.05) is 0 Å². The fourth-order valence-corrected chi connectivity index (χ4v) is 2.79. The van der Waals surface area contributed by atoms with Crippen LogP contribution < -0.4 is 4.74 Å². The highest BCUT2D eigenvalue weighted by molar-refractivity contribution is 9.10. The average Bonchev–Trinajstić information content (AvgIpc) is 2.80. The molecule has 2 heterocycles. The van der Waals surface area contributed by atoms with Crippen LogP contribution in [-0.4, -0.2) is 19.7 Å². The van der Waals surface area contributed by atoms with Crippen LogP contribution >= 0.6 is 39.1 Å². The van der Waals surface area contributed by atoms with Gasteiger partial charge in [-0.05, 0) is 18.2 Å². The molecule has 3 aromatic rings. The first kappa shape index (κ1) is 14.6. The van der Waals surface area contributed by atoms with E-state index in [2.05, 4.69) is 31.0 Å². The number of nitrogens with zero attached hydrogens (tertiary/aromatic N) is 4. The molecule has 3 rings (SSSR count). The summed E-state index contributed by atoms with van der Waals surface area (Å²) in [5, 5.41) is 5.68. The van der Waals surface area contributed by atoms with E-state index in [1.54, 1.807) is 30.1 Å². The Bertz CT molecular complexity index is 821. The maximum Gasteiger partial charge on any atom is 0.170 e. The summed E-state index contributed by atoms with van der Waals surface area (Å²) < 4.78 is 8.15. The number of aromatic nitrogens is 4. The zero-order valence-electron chi connectivity index (χ0n) is 10.8. The summed E-state index contributed by atoms with van der Waals surface area (Å²) in [6.45, 7) is 0.169. The highest BCUT2D eigenvalue weighted by Crippen LogP contribution is 2.28. The third-order valence-corrected chi connectivity index (χ3v) is 3.92. The van der Waals surface area contributed by atoms with Gasteiger partial charge in [-0.1, -0.05) is 39.1 Å². The number of hydrogen-bond acceptors (Lipinski definition) is 4. The SMILES string of the molecule is Cn1ncc2c(Cl)nc(COc3ccc(Br)cc3Cl)nc21. The van der Waals surface area contributed by atoms with Gasteiger partial charge in [-0.25, -0.2) is 9.97 Å². The summed E-state index contributed by atoms with van der Waals surface area (Å²) >= 11 is 15.6. The summed E-state index contributed by atoms with van der Waals surface area (Å²) in [5.74, 6) is 1.03. The van der Waals surface area contributed by atoms with E-state index < -0.39 is 0 Å². The summed E-state index contributed by atoms with van der Waals surface area (Å²) in [7, 11) is 1.79. The molecule has 0 aliphatic rings. The lowest BCUT2D eigenvalue weighted by atomic mass is 10.3. The Kier molecular flexibility index (Phi) is 4.01. The molecule has 1 aromatic carbocycles. The van der Waals surface area contributed by atoms with Gasteiger partial charge in [0.25, 0.3) is 0 Å². The molecular weight excluding hydrogens is 379 g/mol. The Balaban J connectivity index is 1.86. The van der Waals surface area contributed by atoms with Crippen molar-refractivity contribution in [3.8, 4) is 5.75 Å². The highest BCUT2D eigenvalue weighted by Gasteiger charge is 2.11. The number of benzene rings is 1. The van der Waals surface area contributed by atoms with Gasteiger partial charge in [0.1, 0.15) is 17.5 Å². The van der Waals surface area contributed by atoms with Gasteiger partial charge < -0.3 is 4.74 Å². The molecule has 0 fully saturated rings. The second kappa shape index (κ2) is 5.79. The quantitative estimate of drug-likeness (QED) is 0.637. The molecule has 5 nitrogen and oxygen atoms in total. The molecule has 8 heteroatoms. The van der Waals surface area contributed by atoms with Gasteiger partial charge in [-0.3, -0.25) is 4.68 Å². The molecule has 0 spiro atoms. The van der Waals surface area contributed by atoms with E-state index >= 15 is 0 Å². The molecule has 2 aromatic heterocycles. The molecule has 0 atom stereocenters. The van der Waals surface area contributed by atoms with Crippen LogP contribution in [0.2, 0.25) is 10.2 Å². The van der Waals surface area contributed by atoms with Crippen LogP contribution in [-0.2, 0) is 13.7 Å². The van der Waals surface area contributed by atoms with Gasteiger partial charge in [-0.2, -0.15) is 5.10 Å². The summed E-state index contributed by atoms with van der Waals surface area (Å²) in [4.78, 5) is 8.59. The normalized spacial score (nSPS) is 11.0. The van der Waals surface area contributed by atoms with E-state index in [4.69, 9.17) is 27.9 Å². The van der Waals surface area contributed by atoms with Crippen molar-refractivity contribution >= 4 is 50.2 Å². The van der Waals surface area contributed by atoms with Crippen molar-refractivity contribution in [2.24, 2.45) is 7.05 Å².